The molecule has 0 unspecified atom stereocenters. The summed E-state index contributed by atoms with van der Waals surface area (Å²) in [5.74, 6) is 1.24. The van der Waals surface area contributed by atoms with Crippen LogP contribution in [0.2, 0.25) is 5.02 Å². The summed E-state index contributed by atoms with van der Waals surface area (Å²) in [5, 5.41) is 7.36. The number of aromatic nitrogens is 2. The van der Waals surface area contributed by atoms with Gasteiger partial charge in [0.05, 0.1) is 6.54 Å². The molecule has 6 nitrogen and oxygen atoms in total. The zero-order chi connectivity index (χ0) is 20.1. The highest BCUT2D eigenvalue weighted by atomic mass is 35.5. The molecule has 3 rings (SSSR count). The van der Waals surface area contributed by atoms with Gasteiger partial charge in [-0.1, -0.05) is 41.4 Å². The molecule has 146 valence electrons. The van der Waals surface area contributed by atoms with E-state index in [9.17, 15) is 4.79 Å². The van der Waals surface area contributed by atoms with E-state index in [4.69, 9.17) is 20.9 Å². The first-order valence-corrected chi connectivity index (χ1v) is 9.44. The van der Waals surface area contributed by atoms with Gasteiger partial charge in [-0.25, -0.2) is 0 Å². The van der Waals surface area contributed by atoms with E-state index in [1.807, 2.05) is 39.0 Å². The van der Waals surface area contributed by atoms with E-state index < -0.39 is 6.10 Å². The lowest BCUT2D eigenvalue weighted by molar-refractivity contribution is -0.128. The van der Waals surface area contributed by atoms with Crippen LogP contribution in [0.3, 0.4) is 0 Å². The minimum atomic E-state index is -0.597. The third-order valence-electron chi connectivity index (χ3n) is 4.25. The number of benzene rings is 2. The Morgan fingerprint density at radius 2 is 1.96 bits per heavy atom. The van der Waals surface area contributed by atoms with Gasteiger partial charge < -0.3 is 14.6 Å². The topological polar surface area (TPSA) is 77.2 Å². The lowest BCUT2D eigenvalue weighted by Crippen LogP contribution is -2.37. The summed E-state index contributed by atoms with van der Waals surface area (Å²) in [7, 11) is 0. The molecule has 28 heavy (non-hydrogen) atoms. The van der Waals surface area contributed by atoms with Crippen LogP contribution in [0.25, 0.3) is 11.4 Å². The molecule has 0 aliphatic carbocycles. The monoisotopic (exact) mass is 399 g/mol. The Labute approximate surface area is 168 Å². The Hall–Kier alpha value is -2.86. The van der Waals surface area contributed by atoms with Gasteiger partial charge in [-0.05, 0) is 56.2 Å². The van der Waals surface area contributed by atoms with E-state index in [2.05, 4.69) is 15.5 Å². The Balaban J connectivity index is 1.60. The second-order valence-corrected chi connectivity index (χ2v) is 6.96. The number of ether oxygens (including phenoxy) is 1. The molecular formula is C21H22ClN3O3. The predicted octanol–water partition coefficient (Wildman–Crippen LogP) is 4.48. The van der Waals surface area contributed by atoms with Crippen LogP contribution in [0.1, 0.15) is 30.4 Å². The summed E-state index contributed by atoms with van der Waals surface area (Å²) >= 11 is 5.88. The highest BCUT2D eigenvalue weighted by Gasteiger charge is 2.20. The fraction of sp³-hybridized carbons (Fsp3) is 0.286. The van der Waals surface area contributed by atoms with E-state index in [0.29, 0.717) is 28.9 Å². The van der Waals surface area contributed by atoms with Crippen molar-refractivity contribution < 1.29 is 14.1 Å². The summed E-state index contributed by atoms with van der Waals surface area (Å²) < 4.78 is 11.1. The van der Waals surface area contributed by atoms with E-state index in [0.717, 1.165) is 16.7 Å². The number of carbonyl (C=O) groups excluding carboxylic acids is 1. The van der Waals surface area contributed by atoms with Crippen molar-refractivity contribution in [3.63, 3.8) is 0 Å². The normalized spacial score (nSPS) is 11.9. The van der Waals surface area contributed by atoms with Crippen LogP contribution in [0, 0.1) is 13.8 Å². The van der Waals surface area contributed by atoms with Gasteiger partial charge in [0.15, 0.2) is 6.10 Å². The number of hydrogen-bond acceptors (Lipinski definition) is 5. The molecule has 1 heterocycles. The van der Waals surface area contributed by atoms with Gasteiger partial charge >= 0.3 is 0 Å². The van der Waals surface area contributed by atoms with Crippen LogP contribution < -0.4 is 10.1 Å². The summed E-state index contributed by atoms with van der Waals surface area (Å²) in [5.41, 5.74) is 2.93. The van der Waals surface area contributed by atoms with E-state index in [1.54, 1.807) is 24.3 Å². The third-order valence-corrected chi connectivity index (χ3v) is 4.50. The second-order valence-electron chi connectivity index (χ2n) is 6.52. The van der Waals surface area contributed by atoms with Gasteiger partial charge in [-0.2, -0.15) is 4.98 Å². The van der Waals surface area contributed by atoms with Gasteiger partial charge in [-0.3, -0.25) is 4.79 Å². The first-order chi connectivity index (χ1) is 13.5. The number of hydrogen-bond donors (Lipinski definition) is 1. The van der Waals surface area contributed by atoms with Crippen LogP contribution in [-0.2, 0) is 11.3 Å². The lowest BCUT2D eigenvalue weighted by Gasteiger charge is -2.18. The van der Waals surface area contributed by atoms with Crippen molar-refractivity contribution in [3.05, 3.63) is 64.5 Å². The molecule has 0 aliphatic heterocycles. The molecule has 1 N–H and O–H groups in total. The van der Waals surface area contributed by atoms with Crippen molar-refractivity contribution in [3.8, 4) is 17.1 Å². The van der Waals surface area contributed by atoms with Gasteiger partial charge in [0.1, 0.15) is 5.75 Å². The number of carbonyl (C=O) groups is 1. The third kappa shape index (κ3) is 4.89. The molecule has 0 fully saturated rings. The summed E-state index contributed by atoms with van der Waals surface area (Å²) in [6, 6.07) is 13.0. The standard InChI is InChI=1S/C21H22ClN3O3/c1-4-17(27-18-10-5-13(2)11-14(18)3)21(26)23-12-19-24-20(25-28-19)15-6-8-16(22)9-7-15/h5-11,17H,4,12H2,1-3H3,(H,23,26)/t17-/m0/s1. The molecule has 3 aromatic rings. The van der Waals surface area contributed by atoms with Gasteiger partial charge in [0, 0.05) is 10.6 Å². The number of rotatable bonds is 7. The van der Waals surface area contributed by atoms with Crippen molar-refractivity contribution in [2.24, 2.45) is 0 Å². The SMILES string of the molecule is CC[C@H](Oc1ccc(C)cc1C)C(=O)NCc1nc(-c2ccc(Cl)cc2)no1. The molecule has 0 saturated carbocycles. The first-order valence-electron chi connectivity index (χ1n) is 9.06. The molecule has 0 aliphatic rings. The summed E-state index contributed by atoms with van der Waals surface area (Å²) in [6.45, 7) is 6.01. The summed E-state index contributed by atoms with van der Waals surface area (Å²) in [6.07, 6.45) is -0.0565. The molecule has 1 atom stereocenters. The Kier molecular flexibility index (Phi) is 6.31. The van der Waals surface area contributed by atoms with Crippen molar-refractivity contribution in [1.82, 2.24) is 15.5 Å². The number of aryl methyl sites for hydroxylation is 2. The average Bonchev–Trinajstić information content (AvgIpc) is 3.15. The largest absolute Gasteiger partial charge is 0.480 e. The maximum Gasteiger partial charge on any atom is 0.261 e. The number of halogens is 1. The maximum absolute atomic E-state index is 12.5. The molecule has 2 aromatic carbocycles. The molecule has 0 saturated heterocycles. The van der Waals surface area contributed by atoms with Crippen molar-refractivity contribution in [1.29, 1.82) is 0 Å². The van der Waals surface area contributed by atoms with Gasteiger partial charge in [0.25, 0.3) is 5.91 Å². The fourth-order valence-electron chi connectivity index (χ4n) is 2.73. The van der Waals surface area contributed by atoms with Crippen LogP contribution in [0.5, 0.6) is 5.75 Å². The Bertz CT molecular complexity index is 954. The minimum Gasteiger partial charge on any atom is -0.480 e. The molecule has 7 heteroatoms. The predicted molar refractivity (Wildman–Crippen MR) is 107 cm³/mol. The van der Waals surface area contributed by atoms with E-state index in [1.165, 1.54) is 0 Å². The minimum absolute atomic E-state index is 0.131. The van der Waals surface area contributed by atoms with Crippen LogP contribution in [0.15, 0.2) is 47.0 Å². The molecule has 1 amide bonds. The molecule has 1 aromatic heterocycles. The molecular weight excluding hydrogens is 378 g/mol. The van der Waals surface area contributed by atoms with E-state index >= 15 is 0 Å². The highest BCUT2D eigenvalue weighted by molar-refractivity contribution is 6.30. The van der Waals surface area contributed by atoms with E-state index in [-0.39, 0.29) is 12.5 Å². The number of nitrogens with zero attached hydrogens (tertiary/aromatic N) is 2. The first kappa shape index (κ1) is 19.9. The van der Waals surface area contributed by atoms with Crippen LogP contribution >= 0.6 is 11.6 Å². The van der Waals surface area contributed by atoms with Crippen molar-refractivity contribution in [2.45, 2.75) is 39.8 Å². The average molecular weight is 400 g/mol. The Morgan fingerprint density at radius 1 is 1.21 bits per heavy atom. The van der Waals surface area contributed by atoms with Crippen LogP contribution in [-0.4, -0.2) is 22.2 Å². The van der Waals surface area contributed by atoms with Crippen molar-refractivity contribution >= 4 is 17.5 Å². The number of nitrogens with one attached hydrogen (secondary N) is 1. The molecule has 0 radical (unpaired) electrons. The Morgan fingerprint density at radius 3 is 2.64 bits per heavy atom. The fourth-order valence-corrected chi connectivity index (χ4v) is 2.85. The zero-order valence-electron chi connectivity index (χ0n) is 16.0. The number of amides is 1. The van der Waals surface area contributed by atoms with Crippen LogP contribution in [0.4, 0.5) is 0 Å². The second kappa shape index (κ2) is 8.89. The molecule has 0 spiro atoms. The van der Waals surface area contributed by atoms with Crippen molar-refractivity contribution in [2.75, 3.05) is 0 Å². The maximum atomic E-state index is 12.5. The van der Waals surface area contributed by atoms with Gasteiger partial charge in [0.2, 0.25) is 11.7 Å². The highest BCUT2D eigenvalue weighted by Crippen LogP contribution is 2.21. The molecule has 0 bridgehead atoms. The lowest BCUT2D eigenvalue weighted by atomic mass is 10.1. The summed E-state index contributed by atoms with van der Waals surface area (Å²) in [4.78, 5) is 16.8. The smallest absolute Gasteiger partial charge is 0.261 e. The zero-order valence-corrected chi connectivity index (χ0v) is 16.8. The quantitative estimate of drug-likeness (QED) is 0.633. The van der Waals surface area contributed by atoms with Gasteiger partial charge in [-0.15, -0.1) is 0 Å².